The zero-order valence-corrected chi connectivity index (χ0v) is 15.1. The van der Waals surface area contributed by atoms with Crippen LogP contribution in [0.25, 0.3) is 0 Å². The van der Waals surface area contributed by atoms with Gasteiger partial charge in [0.05, 0.1) is 6.61 Å². The molecule has 2 aromatic rings. The van der Waals surface area contributed by atoms with E-state index in [1.54, 1.807) is 19.1 Å². The van der Waals surface area contributed by atoms with Crippen molar-refractivity contribution in [3.05, 3.63) is 52.5 Å². The van der Waals surface area contributed by atoms with Crippen LogP contribution in [0.1, 0.15) is 25.0 Å². The number of carbonyl (C=O) groups is 1. The molecule has 1 amide bonds. The molecule has 0 spiro atoms. The van der Waals surface area contributed by atoms with Gasteiger partial charge >= 0.3 is 0 Å². The van der Waals surface area contributed by atoms with Crippen LogP contribution in [0.5, 0.6) is 11.5 Å². The van der Waals surface area contributed by atoms with Crippen molar-refractivity contribution in [1.29, 1.82) is 0 Å². The van der Waals surface area contributed by atoms with Crippen molar-refractivity contribution in [3.63, 3.8) is 0 Å². The third-order valence-electron chi connectivity index (χ3n) is 3.52. The predicted octanol–water partition coefficient (Wildman–Crippen LogP) is 4.76. The minimum atomic E-state index is -0.628. The summed E-state index contributed by atoms with van der Waals surface area (Å²) < 4.78 is 11.1. The molecule has 1 atom stereocenters. The van der Waals surface area contributed by atoms with Gasteiger partial charge in [-0.15, -0.1) is 0 Å². The fourth-order valence-corrected chi connectivity index (χ4v) is 2.39. The Kier molecular flexibility index (Phi) is 6.10. The Morgan fingerprint density at radius 2 is 1.71 bits per heavy atom. The third-order valence-corrected chi connectivity index (χ3v) is 4.12. The summed E-state index contributed by atoms with van der Waals surface area (Å²) in [5, 5.41) is 3.54. The Hall–Kier alpha value is -2.20. The second-order valence-electron chi connectivity index (χ2n) is 5.58. The highest BCUT2D eigenvalue weighted by molar-refractivity contribution is 6.32. The summed E-state index contributed by atoms with van der Waals surface area (Å²) in [5.41, 5.74) is 2.54. The number of amides is 1. The first-order chi connectivity index (χ1) is 11.4. The molecule has 0 saturated heterocycles. The molecule has 0 bridgehead atoms. The average Bonchev–Trinajstić information content (AvgIpc) is 2.54. The largest absolute Gasteiger partial charge is 0.494 e. The van der Waals surface area contributed by atoms with Crippen LogP contribution in [0.4, 0.5) is 5.69 Å². The van der Waals surface area contributed by atoms with Gasteiger partial charge in [-0.2, -0.15) is 0 Å². The molecule has 1 N–H and O–H groups in total. The topological polar surface area (TPSA) is 47.6 Å². The van der Waals surface area contributed by atoms with Crippen LogP contribution in [0.2, 0.25) is 5.02 Å². The molecule has 128 valence electrons. The smallest absolute Gasteiger partial charge is 0.265 e. The van der Waals surface area contributed by atoms with E-state index in [-0.39, 0.29) is 5.91 Å². The lowest BCUT2D eigenvalue weighted by Crippen LogP contribution is -2.30. The lowest BCUT2D eigenvalue weighted by molar-refractivity contribution is -0.122. The van der Waals surface area contributed by atoms with Crippen LogP contribution in [-0.2, 0) is 4.79 Å². The number of halogens is 1. The maximum absolute atomic E-state index is 12.3. The summed E-state index contributed by atoms with van der Waals surface area (Å²) in [7, 11) is 0. The van der Waals surface area contributed by atoms with E-state index < -0.39 is 6.10 Å². The number of aryl methyl sites for hydroxylation is 2. The van der Waals surface area contributed by atoms with E-state index in [1.807, 2.05) is 45.0 Å². The predicted molar refractivity (Wildman–Crippen MR) is 97.3 cm³/mol. The summed E-state index contributed by atoms with van der Waals surface area (Å²) in [5.74, 6) is 1.18. The lowest BCUT2D eigenvalue weighted by Gasteiger charge is -2.16. The summed E-state index contributed by atoms with van der Waals surface area (Å²) in [6.45, 7) is 8.06. The number of ether oxygens (including phenoxy) is 2. The van der Waals surface area contributed by atoms with E-state index >= 15 is 0 Å². The Morgan fingerprint density at radius 1 is 1.12 bits per heavy atom. The van der Waals surface area contributed by atoms with Gasteiger partial charge in [-0.1, -0.05) is 11.6 Å². The van der Waals surface area contributed by atoms with Crippen molar-refractivity contribution in [2.75, 3.05) is 11.9 Å². The zero-order chi connectivity index (χ0) is 17.7. The maximum atomic E-state index is 12.3. The van der Waals surface area contributed by atoms with Crippen molar-refractivity contribution in [2.45, 2.75) is 33.8 Å². The van der Waals surface area contributed by atoms with Crippen LogP contribution in [0, 0.1) is 13.8 Å². The highest BCUT2D eigenvalue weighted by Crippen LogP contribution is 2.26. The molecule has 5 heteroatoms. The molecule has 0 aliphatic rings. The second kappa shape index (κ2) is 8.06. The number of rotatable bonds is 6. The van der Waals surface area contributed by atoms with Crippen LogP contribution in [0.3, 0.4) is 0 Å². The molecule has 0 aliphatic heterocycles. The first kappa shape index (κ1) is 18.1. The van der Waals surface area contributed by atoms with Gasteiger partial charge in [-0.25, -0.2) is 0 Å². The van der Waals surface area contributed by atoms with Gasteiger partial charge in [0.2, 0.25) is 0 Å². The van der Waals surface area contributed by atoms with Crippen molar-refractivity contribution >= 4 is 23.2 Å². The Balaban J connectivity index is 1.99. The summed E-state index contributed by atoms with van der Waals surface area (Å²) in [4.78, 5) is 12.3. The van der Waals surface area contributed by atoms with Gasteiger partial charge in [0.15, 0.2) is 6.10 Å². The number of carbonyl (C=O) groups excluding carboxylic acids is 1. The number of benzene rings is 2. The molecule has 0 radical (unpaired) electrons. The Bertz CT molecular complexity index is 690. The maximum Gasteiger partial charge on any atom is 0.265 e. The highest BCUT2D eigenvalue weighted by atomic mass is 35.5. The quantitative estimate of drug-likeness (QED) is 0.819. The van der Waals surface area contributed by atoms with E-state index in [9.17, 15) is 4.79 Å². The first-order valence-electron chi connectivity index (χ1n) is 7.87. The molecule has 2 rings (SSSR count). The van der Waals surface area contributed by atoms with Crippen molar-refractivity contribution in [2.24, 2.45) is 0 Å². The molecule has 1 unspecified atom stereocenters. The van der Waals surface area contributed by atoms with E-state index in [0.717, 1.165) is 16.9 Å². The molecule has 0 heterocycles. The molecule has 0 fully saturated rings. The number of hydrogen-bond acceptors (Lipinski definition) is 3. The standard InChI is InChI=1S/C19H22ClNO3/c1-5-23-16-8-6-15(7-9-16)21-19(22)14(4)24-17-10-12(2)18(20)13(3)11-17/h6-11,14H,5H2,1-4H3,(H,21,22). The van der Waals surface area contributed by atoms with Crippen LogP contribution in [-0.4, -0.2) is 18.6 Å². The molecule has 24 heavy (non-hydrogen) atoms. The molecular formula is C19H22ClNO3. The van der Waals surface area contributed by atoms with Crippen LogP contribution >= 0.6 is 11.6 Å². The summed E-state index contributed by atoms with van der Waals surface area (Å²) in [6.07, 6.45) is -0.628. The zero-order valence-electron chi connectivity index (χ0n) is 14.4. The van der Waals surface area contributed by atoms with Gasteiger partial charge < -0.3 is 14.8 Å². The fourth-order valence-electron chi connectivity index (χ4n) is 2.28. The molecule has 0 aromatic heterocycles. The van der Waals surface area contributed by atoms with Gasteiger partial charge in [-0.05, 0) is 75.2 Å². The Morgan fingerprint density at radius 3 is 2.25 bits per heavy atom. The van der Waals surface area contributed by atoms with Crippen molar-refractivity contribution < 1.29 is 14.3 Å². The Labute approximate surface area is 147 Å². The monoisotopic (exact) mass is 347 g/mol. The van der Waals surface area contributed by atoms with E-state index in [4.69, 9.17) is 21.1 Å². The van der Waals surface area contributed by atoms with Gasteiger partial charge in [0.25, 0.3) is 5.91 Å². The van der Waals surface area contributed by atoms with Gasteiger partial charge in [0.1, 0.15) is 11.5 Å². The lowest BCUT2D eigenvalue weighted by atomic mass is 10.1. The number of nitrogens with one attached hydrogen (secondary N) is 1. The van der Waals surface area contributed by atoms with E-state index in [0.29, 0.717) is 23.1 Å². The third kappa shape index (κ3) is 4.65. The highest BCUT2D eigenvalue weighted by Gasteiger charge is 2.16. The SMILES string of the molecule is CCOc1ccc(NC(=O)C(C)Oc2cc(C)c(Cl)c(C)c2)cc1. The minimum absolute atomic E-state index is 0.218. The molecular weight excluding hydrogens is 326 g/mol. The summed E-state index contributed by atoms with van der Waals surface area (Å²) in [6, 6.07) is 10.9. The van der Waals surface area contributed by atoms with Gasteiger partial charge in [-0.3, -0.25) is 4.79 Å². The van der Waals surface area contributed by atoms with E-state index in [2.05, 4.69) is 5.32 Å². The number of hydrogen-bond donors (Lipinski definition) is 1. The molecule has 4 nitrogen and oxygen atoms in total. The fraction of sp³-hybridized carbons (Fsp3) is 0.316. The van der Waals surface area contributed by atoms with E-state index in [1.165, 1.54) is 0 Å². The van der Waals surface area contributed by atoms with Crippen molar-refractivity contribution in [3.8, 4) is 11.5 Å². The molecule has 0 aliphatic carbocycles. The average molecular weight is 348 g/mol. The second-order valence-corrected chi connectivity index (χ2v) is 5.96. The number of anilines is 1. The van der Waals surface area contributed by atoms with Gasteiger partial charge in [0, 0.05) is 10.7 Å². The van der Waals surface area contributed by atoms with Crippen LogP contribution in [0.15, 0.2) is 36.4 Å². The van der Waals surface area contributed by atoms with Crippen molar-refractivity contribution in [1.82, 2.24) is 0 Å². The normalized spacial score (nSPS) is 11.7. The van der Waals surface area contributed by atoms with Crippen LogP contribution < -0.4 is 14.8 Å². The molecule has 2 aromatic carbocycles. The summed E-state index contributed by atoms with van der Waals surface area (Å²) >= 11 is 6.15. The minimum Gasteiger partial charge on any atom is -0.494 e. The molecule has 0 saturated carbocycles. The first-order valence-corrected chi connectivity index (χ1v) is 8.25.